The Hall–Kier alpha value is -2.08. The Balaban J connectivity index is 1.70. The van der Waals surface area contributed by atoms with Crippen LogP contribution in [0, 0.1) is 11.3 Å². The van der Waals surface area contributed by atoms with Crippen LogP contribution in [0.4, 0.5) is 13.2 Å². The zero-order valence-electron chi connectivity index (χ0n) is 21.1. The monoisotopic (exact) mass is 525 g/mol. The van der Waals surface area contributed by atoms with Crippen molar-refractivity contribution in [3.63, 3.8) is 0 Å². The fraction of sp³-hybridized carbons (Fsp3) is 0.640. The van der Waals surface area contributed by atoms with Crippen molar-refractivity contribution in [3.8, 4) is 0 Å². The number of aromatic nitrogens is 1. The van der Waals surface area contributed by atoms with E-state index in [1.807, 2.05) is 38.1 Å². The molecule has 2 aromatic rings. The molecule has 198 valence electrons. The Bertz CT molecular complexity index is 1090. The predicted molar refractivity (Wildman–Crippen MR) is 136 cm³/mol. The van der Waals surface area contributed by atoms with E-state index in [0.717, 1.165) is 23.1 Å². The minimum Gasteiger partial charge on any atom is -0.358 e. The Morgan fingerprint density at radius 1 is 1.28 bits per heavy atom. The normalized spacial score (nSPS) is 27.7. The number of nitrogens with one attached hydrogen (secondary N) is 3. The summed E-state index contributed by atoms with van der Waals surface area (Å²) in [5.74, 6) is -0.672. The fourth-order valence-corrected chi connectivity index (χ4v) is 6.16. The van der Waals surface area contributed by atoms with Gasteiger partial charge in [0.15, 0.2) is 5.79 Å². The maximum absolute atomic E-state index is 12.9. The van der Waals surface area contributed by atoms with Crippen molar-refractivity contribution in [2.75, 3.05) is 6.54 Å². The summed E-state index contributed by atoms with van der Waals surface area (Å²) in [4.78, 5) is 9.78. The van der Waals surface area contributed by atoms with Crippen LogP contribution in [-0.4, -0.2) is 59.5 Å². The molecule has 0 amide bonds. The minimum atomic E-state index is -4.34. The first-order chi connectivity index (χ1) is 16.9. The van der Waals surface area contributed by atoms with Crippen LogP contribution in [0.1, 0.15) is 58.4 Å². The molecule has 1 aliphatic heterocycles. The SMILES string of the molecule is CCC1CC(N=C(NC(C)NCC(F)(F)F)C(C(C)=N)c2nc3ccccc3s2)C2OC(C)(C)OC12. The van der Waals surface area contributed by atoms with Crippen molar-refractivity contribution < 1.29 is 22.6 Å². The number of hydrogen-bond acceptors (Lipinski definition) is 7. The molecule has 36 heavy (non-hydrogen) atoms. The highest BCUT2D eigenvalue weighted by molar-refractivity contribution is 7.18. The first-order valence-corrected chi connectivity index (χ1v) is 13.1. The van der Waals surface area contributed by atoms with Crippen LogP contribution in [0.25, 0.3) is 10.2 Å². The summed E-state index contributed by atoms with van der Waals surface area (Å²) in [7, 11) is 0. The first-order valence-electron chi connectivity index (χ1n) is 12.3. The molecule has 7 nitrogen and oxygen atoms in total. The van der Waals surface area contributed by atoms with Crippen LogP contribution in [0.5, 0.6) is 0 Å². The van der Waals surface area contributed by atoms with Crippen LogP contribution in [0.15, 0.2) is 29.3 Å². The molecule has 1 saturated heterocycles. The number of benzene rings is 1. The highest BCUT2D eigenvalue weighted by atomic mass is 32.1. The van der Waals surface area contributed by atoms with Crippen LogP contribution >= 0.6 is 11.3 Å². The number of thiazole rings is 1. The molecule has 3 N–H and O–H groups in total. The molecule has 6 atom stereocenters. The van der Waals surface area contributed by atoms with Gasteiger partial charge in [-0.3, -0.25) is 10.3 Å². The number of nitrogens with zero attached hydrogens (tertiary/aromatic N) is 2. The molecule has 1 aromatic heterocycles. The lowest BCUT2D eigenvalue weighted by atomic mass is 10.0. The summed E-state index contributed by atoms with van der Waals surface area (Å²) < 4.78 is 51.9. The number of aliphatic imine (C=N–C) groups is 1. The molecular weight excluding hydrogens is 491 g/mol. The molecule has 0 spiro atoms. The first kappa shape index (κ1) is 27.0. The third-order valence-corrected chi connectivity index (χ3v) is 7.72. The lowest BCUT2D eigenvalue weighted by Crippen LogP contribution is -2.49. The molecule has 1 aliphatic carbocycles. The van der Waals surface area contributed by atoms with Crippen molar-refractivity contribution in [1.82, 2.24) is 15.6 Å². The highest BCUT2D eigenvalue weighted by Gasteiger charge is 2.53. The standard InChI is InChI=1S/C25H34F3N5O2S/c1-6-15-11-17(21-20(15)34-24(4,5)35-21)32-22(31-14(3)30-12-25(26,27)28)19(13(2)29)23-33-16-9-7-8-10-18(16)36-23/h7-10,14-15,17,19-21,29-30H,6,11-12H2,1-5H3,(H,31,32). The van der Waals surface area contributed by atoms with Gasteiger partial charge in [-0.2, -0.15) is 13.2 Å². The Labute approximate surface area is 213 Å². The van der Waals surface area contributed by atoms with Gasteiger partial charge < -0.3 is 20.2 Å². The van der Waals surface area contributed by atoms with Gasteiger partial charge in [-0.1, -0.05) is 25.5 Å². The maximum Gasteiger partial charge on any atom is 0.401 e. The van der Waals surface area contributed by atoms with Gasteiger partial charge in [0.05, 0.1) is 35.1 Å². The number of fused-ring (bicyclic) bond motifs is 2. The molecule has 1 saturated carbocycles. The number of halogens is 3. The van der Waals surface area contributed by atoms with Crippen molar-refractivity contribution >= 4 is 33.1 Å². The zero-order valence-corrected chi connectivity index (χ0v) is 22.0. The van der Waals surface area contributed by atoms with E-state index in [9.17, 15) is 13.2 Å². The lowest BCUT2D eigenvalue weighted by Gasteiger charge is -2.26. The molecule has 0 bridgehead atoms. The van der Waals surface area contributed by atoms with Crippen LogP contribution < -0.4 is 10.6 Å². The van der Waals surface area contributed by atoms with Gasteiger partial charge in [0.2, 0.25) is 0 Å². The summed E-state index contributed by atoms with van der Waals surface area (Å²) in [6.45, 7) is 8.02. The topological polar surface area (TPSA) is 91.6 Å². The third kappa shape index (κ3) is 6.07. The smallest absolute Gasteiger partial charge is 0.358 e. The van der Waals surface area contributed by atoms with Gasteiger partial charge in [-0.05, 0) is 52.2 Å². The number of ether oxygens (including phenoxy) is 2. The average Bonchev–Trinajstić information content (AvgIpc) is 3.42. The minimum absolute atomic E-state index is 0.0947. The number of rotatable bonds is 8. The summed E-state index contributed by atoms with van der Waals surface area (Å²) >= 11 is 1.46. The van der Waals surface area contributed by atoms with Gasteiger partial charge in [-0.25, -0.2) is 4.98 Å². The second-order valence-electron chi connectivity index (χ2n) is 10.0. The Morgan fingerprint density at radius 3 is 2.61 bits per heavy atom. The molecule has 11 heteroatoms. The Morgan fingerprint density at radius 2 is 1.97 bits per heavy atom. The van der Waals surface area contributed by atoms with Crippen molar-refractivity contribution in [2.45, 2.75) is 89.8 Å². The third-order valence-electron chi connectivity index (χ3n) is 6.62. The summed E-state index contributed by atoms with van der Waals surface area (Å²) in [6, 6.07) is 7.44. The van der Waals surface area contributed by atoms with E-state index < -0.39 is 30.6 Å². The van der Waals surface area contributed by atoms with Crippen molar-refractivity contribution in [2.24, 2.45) is 10.9 Å². The summed E-state index contributed by atoms with van der Waals surface area (Å²) in [5, 5.41) is 14.9. The lowest BCUT2D eigenvalue weighted by molar-refractivity contribution is -0.157. The van der Waals surface area contributed by atoms with Gasteiger partial charge in [0, 0.05) is 5.71 Å². The average molecular weight is 526 g/mol. The quantitative estimate of drug-likeness (QED) is 0.250. The molecule has 0 radical (unpaired) electrons. The van der Waals surface area contributed by atoms with E-state index in [-0.39, 0.29) is 24.2 Å². The maximum atomic E-state index is 12.9. The molecule has 6 unspecified atom stereocenters. The molecular formula is C25H34F3N5O2S. The van der Waals surface area contributed by atoms with Crippen molar-refractivity contribution in [3.05, 3.63) is 29.3 Å². The van der Waals surface area contributed by atoms with E-state index >= 15 is 0 Å². The van der Waals surface area contributed by atoms with Crippen molar-refractivity contribution in [1.29, 1.82) is 5.41 Å². The largest absolute Gasteiger partial charge is 0.401 e. The number of alkyl halides is 3. The number of hydrogen-bond donors (Lipinski definition) is 3. The molecule has 4 rings (SSSR count). The van der Waals surface area contributed by atoms with Crippen LogP contribution in [0.3, 0.4) is 0 Å². The van der Waals surface area contributed by atoms with Gasteiger partial charge in [-0.15, -0.1) is 11.3 Å². The molecule has 2 aliphatic rings. The van der Waals surface area contributed by atoms with E-state index in [2.05, 4.69) is 17.6 Å². The second-order valence-corrected chi connectivity index (χ2v) is 11.1. The second kappa shape index (κ2) is 10.4. The molecule has 2 heterocycles. The highest BCUT2D eigenvalue weighted by Crippen LogP contribution is 2.44. The molecule has 2 fully saturated rings. The fourth-order valence-electron chi connectivity index (χ4n) is 5.02. The van der Waals surface area contributed by atoms with E-state index in [1.165, 1.54) is 11.3 Å². The van der Waals surface area contributed by atoms with Gasteiger partial charge in [0.1, 0.15) is 22.9 Å². The zero-order chi connectivity index (χ0) is 26.3. The van der Waals surface area contributed by atoms with E-state index in [0.29, 0.717) is 16.6 Å². The van der Waals surface area contributed by atoms with Gasteiger partial charge >= 0.3 is 6.18 Å². The van der Waals surface area contributed by atoms with Gasteiger partial charge in [0.25, 0.3) is 0 Å². The Kier molecular flexibility index (Phi) is 7.76. The number of para-hydroxylation sites is 1. The van der Waals surface area contributed by atoms with E-state index in [4.69, 9.17) is 24.9 Å². The summed E-state index contributed by atoms with van der Waals surface area (Å²) in [5.41, 5.74) is 1.11. The number of amidine groups is 1. The molecule has 1 aromatic carbocycles. The van der Waals surface area contributed by atoms with E-state index in [1.54, 1.807) is 13.8 Å². The summed E-state index contributed by atoms with van der Waals surface area (Å²) in [6.07, 6.45) is -3.79. The van der Waals surface area contributed by atoms with Crippen LogP contribution in [-0.2, 0) is 9.47 Å². The predicted octanol–water partition coefficient (Wildman–Crippen LogP) is 5.22. The van der Waals surface area contributed by atoms with Crippen LogP contribution in [0.2, 0.25) is 0 Å².